The van der Waals surface area contributed by atoms with Crippen molar-refractivity contribution in [3.63, 3.8) is 0 Å². The van der Waals surface area contributed by atoms with Crippen molar-refractivity contribution in [3.8, 4) is 0 Å². The number of benzene rings is 1. The fraction of sp³-hybridized carbons (Fsp3) is 0.538. The maximum absolute atomic E-state index is 5.04. The molecule has 0 saturated heterocycles. The predicted octanol–water partition coefficient (Wildman–Crippen LogP) is 2.92. The topological polar surface area (TPSA) is 21.3 Å². The Balaban J connectivity index is 2.43. The van der Waals surface area contributed by atoms with Crippen LogP contribution in [0.2, 0.25) is 0 Å². The molecule has 16 heavy (non-hydrogen) atoms. The normalized spacial score (nSPS) is 11.0. The molecule has 0 aliphatic heterocycles. The zero-order valence-electron chi connectivity index (χ0n) is 10.3. The summed E-state index contributed by atoms with van der Waals surface area (Å²) in [5, 5.41) is 3.42. The molecule has 3 heteroatoms. The first kappa shape index (κ1) is 13.6. The Morgan fingerprint density at radius 2 is 2.19 bits per heavy atom. The van der Waals surface area contributed by atoms with E-state index in [0.717, 1.165) is 18.9 Å². The molecule has 0 bridgehead atoms. The molecule has 1 aromatic rings. The van der Waals surface area contributed by atoms with E-state index in [1.807, 2.05) is 11.8 Å². The summed E-state index contributed by atoms with van der Waals surface area (Å²) >= 11 is 1.84. The number of methoxy groups -OCH3 is 1. The van der Waals surface area contributed by atoms with Gasteiger partial charge in [-0.2, -0.15) is 0 Å². The Bertz CT molecular complexity index is 302. The Kier molecular flexibility index (Phi) is 6.53. The summed E-state index contributed by atoms with van der Waals surface area (Å²) < 4.78 is 5.04. The Morgan fingerprint density at radius 3 is 2.88 bits per heavy atom. The third kappa shape index (κ3) is 5.54. The molecule has 0 atom stereocenters. The first-order chi connectivity index (χ1) is 7.72. The number of hydrogen-bond donors (Lipinski definition) is 1. The molecule has 0 aliphatic rings. The number of nitrogens with one attached hydrogen (secondary N) is 1. The van der Waals surface area contributed by atoms with Crippen LogP contribution in [0.1, 0.15) is 19.4 Å². The molecule has 0 saturated carbocycles. The maximum Gasteiger partial charge on any atom is 0.0556 e. The quantitative estimate of drug-likeness (QED) is 0.584. The van der Waals surface area contributed by atoms with Crippen molar-refractivity contribution in [1.29, 1.82) is 0 Å². The summed E-state index contributed by atoms with van der Waals surface area (Å²) in [7, 11) is 1.74. The van der Waals surface area contributed by atoms with Gasteiger partial charge in [0.2, 0.25) is 0 Å². The van der Waals surface area contributed by atoms with Gasteiger partial charge in [-0.15, -0.1) is 11.8 Å². The third-order valence-corrected chi connectivity index (χ3v) is 3.13. The lowest BCUT2D eigenvalue weighted by Crippen LogP contribution is -2.21. The highest BCUT2D eigenvalue weighted by molar-refractivity contribution is 7.99. The minimum absolute atomic E-state index is 0.532. The number of rotatable bonds is 7. The van der Waals surface area contributed by atoms with Gasteiger partial charge in [-0.05, 0) is 17.7 Å². The van der Waals surface area contributed by atoms with Crippen LogP contribution >= 0.6 is 11.8 Å². The van der Waals surface area contributed by atoms with Crippen LogP contribution in [0, 0.1) is 0 Å². The molecule has 90 valence electrons. The van der Waals surface area contributed by atoms with E-state index in [0.29, 0.717) is 6.04 Å². The van der Waals surface area contributed by atoms with E-state index in [9.17, 15) is 0 Å². The predicted molar refractivity (Wildman–Crippen MR) is 71.0 cm³/mol. The second kappa shape index (κ2) is 7.71. The van der Waals surface area contributed by atoms with Gasteiger partial charge in [-0.1, -0.05) is 26.0 Å². The minimum atomic E-state index is 0.532. The molecule has 2 nitrogen and oxygen atoms in total. The van der Waals surface area contributed by atoms with Gasteiger partial charge in [0, 0.05) is 30.3 Å². The second-order valence-electron chi connectivity index (χ2n) is 4.02. The van der Waals surface area contributed by atoms with Gasteiger partial charge in [0.05, 0.1) is 6.61 Å². The number of hydrogen-bond acceptors (Lipinski definition) is 3. The first-order valence-corrected chi connectivity index (χ1v) is 6.65. The van der Waals surface area contributed by atoms with Crippen LogP contribution in [-0.2, 0) is 11.3 Å². The van der Waals surface area contributed by atoms with Crippen molar-refractivity contribution in [2.24, 2.45) is 0 Å². The molecule has 0 fully saturated rings. The highest BCUT2D eigenvalue weighted by Gasteiger charge is 1.98. The Morgan fingerprint density at radius 1 is 1.38 bits per heavy atom. The lowest BCUT2D eigenvalue weighted by Gasteiger charge is -2.09. The summed E-state index contributed by atoms with van der Waals surface area (Å²) in [6.07, 6.45) is 0. The van der Waals surface area contributed by atoms with E-state index in [1.54, 1.807) is 7.11 Å². The van der Waals surface area contributed by atoms with Gasteiger partial charge in [-0.3, -0.25) is 0 Å². The summed E-state index contributed by atoms with van der Waals surface area (Å²) in [6, 6.07) is 9.21. The lowest BCUT2D eigenvalue weighted by molar-refractivity contribution is 0.218. The van der Waals surface area contributed by atoms with Crippen molar-refractivity contribution in [3.05, 3.63) is 29.8 Å². The standard InChI is InChI=1S/C13H21NOS/c1-11(2)14-10-12-5-4-6-13(9-12)16-8-7-15-3/h4-6,9,11,14H,7-8,10H2,1-3H3. The minimum Gasteiger partial charge on any atom is -0.384 e. The fourth-order valence-corrected chi connectivity index (χ4v) is 2.21. The molecule has 0 aliphatic carbocycles. The van der Waals surface area contributed by atoms with Crippen LogP contribution < -0.4 is 5.32 Å². The van der Waals surface area contributed by atoms with E-state index in [-0.39, 0.29) is 0 Å². The van der Waals surface area contributed by atoms with E-state index in [1.165, 1.54) is 10.5 Å². The van der Waals surface area contributed by atoms with Crippen LogP contribution in [0.3, 0.4) is 0 Å². The van der Waals surface area contributed by atoms with Crippen molar-refractivity contribution in [1.82, 2.24) is 5.32 Å². The molecule has 0 unspecified atom stereocenters. The van der Waals surface area contributed by atoms with Gasteiger partial charge in [0.15, 0.2) is 0 Å². The monoisotopic (exact) mass is 239 g/mol. The highest BCUT2D eigenvalue weighted by atomic mass is 32.2. The molecular formula is C13H21NOS. The molecule has 1 aromatic carbocycles. The molecule has 1 rings (SSSR count). The smallest absolute Gasteiger partial charge is 0.0556 e. The van der Waals surface area contributed by atoms with Gasteiger partial charge in [0.25, 0.3) is 0 Å². The zero-order chi connectivity index (χ0) is 11.8. The van der Waals surface area contributed by atoms with Crippen LogP contribution in [0.15, 0.2) is 29.2 Å². The van der Waals surface area contributed by atoms with Crippen LogP contribution in [0.5, 0.6) is 0 Å². The molecule has 0 radical (unpaired) electrons. The van der Waals surface area contributed by atoms with E-state index in [4.69, 9.17) is 4.74 Å². The summed E-state index contributed by atoms with van der Waals surface area (Å²) in [5.74, 6) is 1.01. The van der Waals surface area contributed by atoms with Crippen LogP contribution in [0.25, 0.3) is 0 Å². The summed E-state index contributed by atoms with van der Waals surface area (Å²) in [4.78, 5) is 1.32. The molecule has 0 spiro atoms. The van der Waals surface area contributed by atoms with Gasteiger partial charge >= 0.3 is 0 Å². The van der Waals surface area contributed by atoms with E-state index >= 15 is 0 Å². The van der Waals surface area contributed by atoms with Crippen molar-refractivity contribution in [2.75, 3.05) is 19.5 Å². The zero-order valence-corrected chi connectivity index (χ0v) is 11.1. The van der Waals surface area contributed by atoms with Crippen LogP contribution in [-0.4, -0.2) is 25.5 Å². The van der Waals surface area contributed by atoms with E-state index < -0.39 is 0 Å². The van der Waals surface area contributed by atoms with Crippen molar-refractivity contribution >= 4 is 11.8 Å². The highest BCUT2D eigenvalue weighted by Crippen LogP contribution is 2.18. The second-order valence-corrected chi connectivity index (χ2v) is 5.19. The summed E-state index contributed by atoms with van der Waals surface area (Å²) in [6.45, 7) is 6.07. The molecule has 0 heterocycles. The van der Waals surface area contributed by atoms with Crippen LogP contribution in [0.4, 0.5) is 0 Å². The average molecular weight is 239 g/mol. The van der Waals surface area contributed by atoms with Crippen molar-refractivity contribution < 1.29 is 4.74 Å². The Labute approximate surface area is 103 Å². The lowest BCUT2D eigenvalue weighted by atomic mass is 10.2. The SMILES string of the molecule is COCCSc1cccc(CNC(C)C)c1. The third-order valence-electron chi connectivity index (χ3n) is 2.17. The molecule has 0 amide bonds. The first-order valence-electron chi connectivity index (χ1n) is 5.66. The van der Waals surface area contributed by atoms with Crippen molar-refractivity contribution in [2.45, 2.75) is 31.3 Å². The largest absolute Gasteiger partial charge is 0.384 e. The maximum atomic E-state index is 5.04. The molecular weight excluding hydrogens is 218 g/mol. The average Bonchev–Trinajstić information content (AvgIpc) is 2.27. The van der Waals surface area contributed by atoms with Gasteiger partial charge in [-0.25, -0.2) is 0 Å². The fourth-order valence-electron chi connectivity index (χ4n) is 1.31. The van der Waals surface area contributed by atoms with E-state index in [2.05, 4.69) is 43.4 Å². The number of ether oxygens (including phenoxy) is 1. The van der Waals surface area contributed by atoms with Gasteiger partial charge in [0.1, 0.15) is 0 Å². The Hall–Kier alpha value is -0.510. The summed E-state index contributed by atoms with van der Waals surface area (Å²) in [5.41, 5.74) is 1.34. The molecule has 0 aromatic heterocycles. The number of thioether (sulfide) groups is 1. The molecule has 1 N–H and O–H groups in total. The van der Waals surface area contributed by atoms with Gasteiger partial charge < -0.3 is 10.1 Å².